The van der Waals surface area contributed by atoms with Crippen molar-refractivity contribution in [3.8, 4) is 0 Å². The number of nitrogens with one attached hydrogen (secondary N) is 8. The summed E-state index contributed by atoms with van der Waals surface area (Å²) in [5.41, 5.74) is 26.6. The van der Waals surface area contributed by atoms with E-state index in [9.17, 15) is 0 Å². The van der Waals surface area contributed by atoms with Gasteiger partial charge in [0.25, 0.3) is 0 Å². The van der Waals surface area contributed by atoms with Crippen molar-refractivity contribution in [1.82, 2.24) is 41.2 Å². The third-order valence-corrected chi connectivity index (χ3v) is 15.0. The molecule has 8 heteroatoms. The lowest BCUT2D eigenvalue weighted by molar-refractivity contribution is 0.669. The molecule has 0 aliphatic carbocycles. The van der Waals surface area contributed by atoms with Crippen LogP contribution in [0.25, 0.3) is 43.6 Å². The summed E-state index contributed by atoms with van der Waals surface area (Å²) in [7, 11) is 0. The Morgan fingerprint density at radius 1 is 0.284 bits per heavy atom. The first-order valence-corrected chi connectivity index (χ1v) is 24.0. The van der Waals surface area contributed by atoms with Gasteiger partial charge in [-0.2, -0.15) is 0 Å². The zero-order chi connectivity index (χ0) is 46.0. The molecule has 0 saturated heterocycles. The second-order valence-electron chi connectivity index (χ2n) is 18.7. The average molecular weight is 885 g/mol. The lowest BCUT2D eigenvalue weighted by Crippen LogP contribution is -2.22. The molecule has 10 aromatic rings. The molecule has 340 valence electrons. The van der Waals surface area contributed by atoms with Gasteiger partial charge in [-0.05, 0) is 161 Å². The predicted octanol–water partition coefficient (Wildman–Crippen LogP) is 12.2. The summed E-state index contributed by atoms with van der Waals surface area (Å²) in [6, 6.07) is 34.4. The van der Waals surface area contributed by atoms with Gasteiger partial charge in [0, 0.05) is 121 Å². The molecule has 4 aromatic heterocycles. The highest BCUT2D eigenvalue weighted by molar-refractivity contribution is 5.85. The van der Waals surface area contributed by atoms with E-state index in [1.807, 2.05) is 0 Å². The molecule has 0 atom stereocenters. The van der Waals surface area contributed by atoms with Crippen LogP contribution in [0.4, 0.5) is 0 Å². The molecule has 67 heavy (non-hydrogen) atoms. The molecule has 0 saturated carbocycles. The quantitative estimate of drug-likeness (QED) is 0.0439. The van der Waals surface area contributed by atoms with E-state index in [4.69, 9.17) is 0 Å². The van der Waals surface area contributed by atoms with Crippen LogP contribution in [0.5, 0.6) is 0 Å². The van der Waals surface area contributed by atoms with Crippen LogP contribution in [0.3, 0.4) is 0 Å². The SMILES string of the molecule is Cc1c(CNCc2c[nH]c3ccccc23)c(C)c(Cc2c(C)c(CNCc3c[nH]c4ccccc34)c(C)c(CNCc3c[nH]c4ccccc34)c2C)c(C)c1CNCc1c[nH]c2ccccc12. The first kappa shape index (κ1) is 44.2. The van der Waals surface area contributed by atoms with Crippen molar-refractivity contribution in [2.45, 2.75) is 100 Å². The van der Waals surface area contributed by atoms with E-state index >= 15 is 0 Å². The largest absolute Gasteiger partial charge is 0.361 e. The molecule has 0 fully saturated rings. The van der Waals surface area contributed by atoms with Gasteiger partial charge in [-0.15, -0.1) is 0 Å². The number of hydrogen-bond donors (Lipinski definition) is 8. The van der Waals surface area contributed by atoms with E-state index in [0.29, 0.717) is 0 Å². The van der Waals surface area contributed by atoms with E-state index < -0.39 is 0 Å². The van der Waals surface area contributed by atoms with Crippen molar-refractivity contribution in [2.24, 2.45) is 0 Å². The van der Waals surface area contributed by atoms with Gasteiger partial charge >= 0.3 is 0 Å². The zero-order valence-electron chi connectivity index (χ0n) is 39.9. The Morgan fingerprint density at radius 3 is 0.761 bits per heavy atom. The first-order chi connectivity index (χ1) is 32.7. The van der Waals surface area contributed by atoms with Crippen molar-refractivity contribution in [3.05, 3.63) is 211 Å². The van der Waals surface area contributed by atoms with E-state index in [0.717, 1.165) is 58.8 Å². The van der Waals surface area contributed by atoms with E-state index in [1.165, 1.54) is 133 Å². The van der Waals surface area contributed by atoms with Crippen LogP contribution in [-0.2, 0) is 58.8 Å². The monoisotopic (exact) mass is 885 g/mol. The van der Waals surface area contributed by atoms with Gasteiger partial charge in [-0.3, -0.25) is 0 Å². The lowest BCUT2D eigenvalue weighted by atomic mass is 9.81. The van der Waals surface area contributed by atoms with E-state index in [-0.39, 0.29) is 0 Å². The Hall–Kier alpha value is -6.68. The van der Waals surface area contributed by atoms with E-state index in [1.54, 1.807) is 0 Å². The van der Waals surface area contributed by atoms with Crippen LogP contribution in [0.15, 0.2) is 122 Å². The smallest absolute Gasteiger partial charge is 0.0457 e. The fourth-order valence-electron chi connectivity index (χ4n) is 10.9. The maximum atomic E-state index is 3.89. The minimum atomic E-state index is 0.789. The second kappa shape index (κ2) is 19.3. The van der Waals surface area contributed by atoms with E-state index in [2.05, 4.69) is 205 Å². The number of rotatable bonds is 18. The third-order valence-electron chi connectivity index (χ3n) is 15.0. The molecule has 0 radical (unpaired) electrons. The number of para-hydroxylation sites is 4. The number of benzene rings is 6. The second-order valence-corrected chi connectivity index (χ2v) is 18.7. The number of H-pyrrole nitrogens is 4. The number of hydrogen-bond acceptors (Lipinski definition) is 4. The third kappa shape index (κ3) is 8.74. The highest BCUT2D eigenvalue weighted by atomic mass is 14.9. The summed E-state index contributed by atoms with van der Waals surface area (Å²) < 4.78 is 0. The van der Waals surface area contributed by atoms with Gasteiger partial charge in [-0.1, -0.05) is 72.8 Å². The maximum absolute atomic E-state index is 3.89. The highest BCUT2D eigenvalue weighted by Gasteiger charge is 2.23. The predicted molar refractivity (Wildman–Crippen MR) is 279 cm³/mol. The van der Waals surface area contributed by atoms with Crippen LogP contribution in [0, 0.1) is 41.5 Å². The lowest BCUT2D eigenvalue weighted by Gasteiger charge is -2.27. The fourth-order valence-corrected chi connectivity index (χ4v) is 10.9. The van der Waals surface area contributed by atoms with Crippen molar-refractivity contribution in [1.29, 1.82) is 0 Å². The molecule has 0 bridgehead atoms. The van der Waals surface area contributed by atoms with Gasteiger partial charge in [0.1, 0.15) is 0 Å². The Balaban J connectivity index is 0.990. The van der Waals surface area contributed by atoms with Crippen molar-refractivity contribution in [3.63, 3.8) is 0 Å². The summed E-state index contributed by atoms with van der Waals surface area (Å²) >= 11 is 0. The van der Waals surface area contributed by atoms with Gasteiger partial charge in [-0.25, -0.2) is 0 Å². The molecule has 0 aliphatic rings. The first-order valence-electron chi connectivity index (χ1n) is 24.0. The molecule has 0 unspecified atom stereocenters. The van der Waals surface area contributed by atoms with Crippen LogP contribution in [-0.4, -0.2) is 19.9 Å². The van der Waals surface area contributed by atoms with Crippen molar-refractivity contribution < 1.29 is 0 Å². The molecule has 0 amide bonds. The van der Waals surface area contributed by atoms with Crippen LogP contribution >= 0.6 is 0 Å². The molecule has 4 heterocycles. The van der Waals surface area contributed by atoms with Gasteiger partial charge in [0.15, 0.2) is 0 Å². The zero-order valence-corrected chi connectivity index (χ0v) is 39.9. The topological polar surface area (TPSA) is 111 Å². The number of aromatic amines is 4. The standard InChI is InChI=1S/C59H64N8/c1-36-50(37(2)53(33-61-25-43-29-65-57-20-12-8-16-47(43)57)40(5)52(36)32-60-24-42-28-64-56-19-11-7-15-46(42)56)23-51-38(3)54(34-62-26-44-30-66-58-21-13-9-17-48(44)58)41(6)55(39(51)4)35-63-27-45-31-67-59-22-14-10-18-49(45)59/h7-22,28-31,60-67H,23-27,32-35H2,1-6H3. The van der Waals surface area contributed by atoms with Gasteiger partial charge < -0.3 is 41.2 Å². The van der Waals surface area contributed by atoms with Crippen molar-refractivity contribution >= 4 is 43.6 Å². The summed E-state index contributed by atoms with van der Waals surface area (Å²) in [5.74, 6) is 0. The van der Waals surface area contributed by atoms with Crippen molar-refractivity contribution in [2.75, 3.05) is 0 Å². The molecule has 8 nitrogen and oxygen atoms in total. The molecule has 0 aliphatic heterocycles. The molecule has 8 N–H and O–H groups in total. The summed E-state index contributed by atoms with van der Waals surface area (Å²) in [4.78, 5) is 13.9. The average Bonchev–Trinajstić information content (AvgIpc) is 4.16. The molecule has 10 rings (SSSR count). The molecule has 0 spiro atoms. The molecular formula is C59H64N8. The van der Waals surface area contributed by atoms with Gasteiger partial charge in [0.05, 0.1) is 0 Å². The highest BCUT2D eigenvalue weighted by Crippen LogP contribution is 2.35. The van der Waals surface area contributed by atoms with Crippen LogP contribution in [0.1, 0.15) is 89.0 Å². The van der Waals surface area contributed by atoms with Gasteiger partial charge in [0.2, 0.25) is 0 Å². The summed E-state index contributed by atoms with van der Waals surface area (Å²) in [5, 5.41) is 20.7. The minimum Gasteiger partial charge on any atom is -0.361 e. The maximum Gasteiger partial charge on any atom is 0.0457 e. The Labute approximate surface area is 394 Å². The Kier molecular flexibility index (Phi) is 12.7. The summed E-state index contributed by atoms with van der Waals surface area (Å²) in [6.45, 7) is 20.5. The Bertz CT molecular complexity index is 2940. The molecule has 6 aromatic carbocycles. The normalized spacial score (nSPS) is 11.9. The fraction of sp³-hybridized carbons (Fsp3) is 0.254. The number of aromatic nitrogens is 4. The van der Waals surface area contributed by atoms with Crippen LogP contribution < -0.4 is 21.3 Å². The minimum absolute atomic E-state index is 0.789. The number of fused-ring (bicyclic) bond motifs is 4. The molecular weight excluding hydrogens is 821 g/mol. The Morgan fingerprint density at radius 2 is 0.507 bits per heavy atom. The van der Waals surface area contributed by atoms with Crippen LogP contribution in [0.2, 0.25) is 0 Å². The summed E-state index contributed by atoms with van der Waals surface area (Å²) in [6.07, 6.45) is 9.48.